The molecule has 2 aliphatic heterocycles. The number of carbonyl (C=O) groups excluding carboxylic acids is 2. The summed E-state index contributed by atoms with van der Waals surface area (Å²) < 4.78 is 5.32. The van der Waals surface area contributed by atoms with E-state index in [0.29, 0.717) is 39.1 Å². The van der Waals surface area contributed by atoms with Gasteiger partial charge < -0.3 is 14.5 Å². The van der Waals surface area contributed by atoms with Crippen LogP contribution in [0.25, 0.3) is 0 Å². The topological polar surface area (TPSA) is 75.6 Å². The van der Waals surface area contributed by atoms with Gasteiger partial charge in [-0.15, -0.1) is 0 Å². The van der Waals surface area contributed by atoms with Crippen LogP contribution < -0.4 is 0 Å². The summed E-state index contributed by atoms with van der Waals surface area (Å²) in [4.78, 5) is 37.5. The monoisotopic (exact) mass is 374 g/mol. The van der Waals surface area contributed by atoms with E-state index in [1.54, 1.807) is 12.4 Å². The van der Waals surface area contributed by atoms with Gasteiger partial charge in [-0.1, -0.05) is 0 Å². The van der Waals surface area contributed by atoms with Gasteiger partial charge in [0.05, 0.1) is 37.2 Å². The molecule has 3 heterocycles. The van der Waals surface area contributed by atoms with E-state index in [1.807, 2.05) is 23.6 Å². The highest BCUT2D eigenvalue weighted by atomic mass is 16.5. The Hall–Kier alpha value is -2.02. The molecule has 0 radical (unpaired) electrons. The smallest absolute Gasteiger partial charge is 0.224 e. The zero-order chi connectivity index (χ0) is 19.3. The summed E-state index contributed by atoms with van der Waals surface area (Å²) in [5.41, 5.74) is 1.69. The van der Waals surface area contributed by atoms with Gasteiger partial charge in [0.1, 0.15) is 0 Å². The Morgan fingerprint density at radius 1 is 1.26 bits per heavy atom. The van der Waals surface area contributed by atoms with E-state index < -0.39 is 0 Å². The molecular weight excluding hydrogens is 344 g/mol. The molecule has 0 N–H and O–H groups in total. The third-order valence-corrected chi connectivity index (χ3v) is 5.61. The van der Waals surface area contributed by atoms with Crippen molar-refractivity contribution in [1.29, 1.82) is 0 Å². The Balaban J connectivity index is 1.63. The van der Waals surface area contributed by atoms with Crippen LogP contribution in [0.15, 0.2) is 12.4 Å². The van der Waals surface area contributed by atoms with Crippen molar-refractivity contribution in [3.63, 3.8) is 0 Å². The zero-order valence-electron chi connectivity index (χ0n) is 16.4. The quantitative estimate of drug-likeness (QED) is 0.712. The first kappa shape index (κ1) is 19.7. The third kappa shape index (κ3) is 5.03. The van der Waals surface area contributed by atoms with Crippen LogP contribution >= 0.6 is 0 Å². The molecular formula is C20H30N4O3. The normalized spacial score (nSPS) is 23.1. The molecule has 2 aliphatic rings. The van der Waals surface area contributed by atoms with Crippen molar-refractivity contribution in [2.24, 2.45) is 5.41 Å². The highest BCUT2D eigenvalue weighted by Gasteiger charge is 2.42. The minimum absolute atomic E-state index is 0.00551. The largest absolute Gasteiger partial charge is 0.381 e. The van der Waals surface area contributed by atoms with Gasteiger partial charge in [0.15, 0.2) is 0 Å². The highest BCUT2D eigenvalue weighted by molar-refractivity contribution is 5.78. The first-order valence-corrected chi connectivity index (χ1v) is 9.92. The van der Waals surface area contributed by atoms with Crippen molar-refractivity contribution >= 4 is 11.8 Å². The molecule has 2 amide bonds. The van der Waals surface area contributed by atoms with Crippen LogP contribution in [-0.4, -0.2) is 64.4 Å². The van der Waals surface area contributed by atoms with Crippen molar-refractivity contribution in [3.8, 4) is 0 Å². The summed E-state index contributed by atoms with van der Waals surface area (Å²) in [5, 5.41) is 0. The highest BCUT2D eigenvalue weighted by Crippen LogP contribution is 2.39. The zero-order valence-corrected chi connectivity index (χ0v) is 16.4. The minimum atomic E-state index is 0.00551. The second-order valence-electron chi connectivity index (χ2n) is 7.76. The van der Waals surface area contributed by atoms with Gasteiger partial charge >= 0.3 is 0 Å². The van der Waals surface area contributed by atoms with Gasteiger partial charge in [-0.25, -0.2) is 0 Å². The molecule has 0 aromatic carbocycles. The van der Waals surface area contributed by atoms with E-state index in [9.17, 15) is 9.59 Å². The van der Waals surface area contributed by atoms with Crippen molar-refractivity contribution in [2.75, 3.05) is 32.8 Å². The molecule has 7 heteroatoms. The molecule has 1 unspecified atom stereocenters. The fourth-order valence-electron chi connectivity index (χ4n) is 4.16. The van der Waals surface area contributed by atoms with Crippen molar-refractivity contribution in [1.82, 2.24) is 19.8 Å². The summed E-state index contributed by atoms with van der Waals surface area (Å²) >= 11 is 0. The molecule has 1 aromatic rings. The molecule has 2 saturated heterocycles. The fraction of sp³-hybridized carbons (Fsp3) is 0.700. The molecule has 1 atom stereocenters. The van der Waals surface area contributed by atoms with Crippen LogP contribution in [0.4, 0.5) is 0 Å². The van der Waals surface area contributed by atoms with E-state index in [2.05, 4.69) is 9.97 Å². The molecule has 148 valence electrons. The first-order chi connectivity index (χ1) is 13.0. The predicted octanol–water partition coefficient (Wildman–Crippen LogP) is 1.94. The number of likely N-dealkylation sites (tertiary alicyclic amines) is 2. The summed E-state index contributed by atoms with van der Waals surface area (Å²) in [6.07, 6.45) is 7.37. The summed E-state index contributed by atoms with van der Waals surface area (Å²) in [6, 6.07) is 0. The molecule has 27 heavy (non-hydrogen) atoms. The Morgan fingerprint density at radius 3 is 2.85 bits per heavy atom. The Morgan fingerprint density at radius 2 is 2.11 bits per heavy atom. The van der Waals surface area contributed by atoms with Crippen LogP contribution in [-0.2, 0) is 20.9 Å². The summed E-state index contributed by atoms with van der Waals surface area (Å²) in [7, 11) is 0. The molecule has 7 nitrogen and oxygen atoms in total. The lowest BCUT2D eigenvalue weighted by Gasteiger charge is -2.48. The lowest BCUT2D eigenvalue weighted by atomic mass is 9.73. The van der Waals surface area contributed by atoms with Crippen molar-refractivity contribution in [3.05, 3.63) is 23.8 Å². The van der Waals surface area contributed by atoms with Gasteiger partial charge in [-0.05, 0) is 33.1 Å². The van der Waals surface area contributed by atoms with Crippen molar-refractivity contribution < 1.29 is 14.3 Å². The fourth-order valence-corrected chi connectivity index (χ4v) is 4.16. The van der Waals surface area contributed by atoms with Crippen LogP contribution in [0.2, 0.25) is 0 Å². The first-order valence-electron chi connectivity index (χ1n) is 9.92. The molecule has 2 fully saturated rings. The van der Waals surface area contributed by atoms with E-state index in [1.165, 1.54) is 0 Å². The maximum atomic E-state index is 12.5. The van der Waals surface area contributed by atoms with Crippen LogP contribution in [0.5, 0.6) is 0 Å². The number of carbonyl (C=O) groups is 2. The molecule has 1 aromatic heterocycles. The second-order valence-corrected chi connectivity index (χ2v) is 7.76. The lowest BCUT2D eigenvalue weighted by Crippen LogP contribution is -2.55. The maximum Gasteiger partial charge on any atom is 0.224 e. The summed E-state index contributed by atoms with van der Waals surface area (Å²) in [6.45, 7) is 7.68. The number of nitrogens with zero attached hydrogens (tertiary/aromatic N) is 4. The number of piperidine rings is 2. The van der Waals surface area contributed by atoms with Gasteiger partial charge in [-0.3, -0.25) is 19.6 Å². The van der Waals surface area contributed by atoms with E-state index in [-0.39, 0.29) is 17.2 Å². The average Bonchev–Trinajstić information content (AvgIpc) is 2.67. The van der Waals surface area contributed by atoms with Crippen molar-refractivity contribution in [2.45, 2.75) is 52.5 Å². The Kier molecular flexibility index (Phi) is 6.42. The van der Waals surface area contributed by atoms with E-state index in [4.69, 9.17) is 4.74 Å². The number of ether oxygens (including phenoxy) is 1. The standard InChI is InChI=1S/C20H30N4O3/c1-3-27-10-6-19(26)23-9-4-7-20(14-23)8-5-18(25)24(15-20)13-17-12-21-16(2)11-22-17/h11-12H,3-10,13-15H2,1-2H3. The number of amides is 2. The molecule has 0 aliphatic carbocycles. The maximum absolute atomic E-state index is 12.5. The van der Waals surface area contributed by atoms with Gasteiger partial charge in [0.2, 0.25) is 11.8 Å². The number of hydrogen-bond acceptors (Lipinski definition) is 5. The van der Waals surface area contributed by atoms with Gasteiger partial charge in [0.25, 0.3) is 0 Å². The minimum Gasteiger partial charge on any atom is -0.381 e. The van der Waals surface area contributed by atoms with Gasteiger partial charge in [0, 0.05) is 44.3 Å². The average molecular weight is 374 g/mol. The number of hydrogen-bond donors (Lipinski definition) is 0. The van der Waals surface area contributed by atoms with Gasteiger partial charge in [-0.2, -0.15) is 0 Å². The lowest BCUT2D eigenvalue weighted by molar-refractivity contribution is -0.144. The predicted molar refractivity (Wildman–Crippen MR) is 101 cm³/mol. The number of aromatic nitrogens is 2. The molecule has 1 spiro atoms. The SMILES string of the molecule is CCOCCC(=O)N1CCCC2(CCC(=O)N(Cc3cnc(C)cn3)C2)C1. The molecule has 3 rings (SSSR count). The summed E-state index contributed by atoms with van der Waals surface area (Å²) in [5.74, 6) is 0.332. The van der Waals surface area contributed by atoms with Crippen LogP contribution in [0.3, 0.4) is 0 Å². The number of aryl methyl sites for hydroxylation is 1. The van der Waals surface area contributed by atoms with Crippen LogP contribution in [0.1, 0.15) is 50.4 Å². The molecule has 0 bridgehead atoms. The second kappa shape index (κ2) is 8.78. The Bertz CT molecular complexity index is 664. The third-order valence-electron chi connectivity index (χ3n) is 5.61. The Labute approximate surface area is 161 Å². The number of rotatable bonds is 6. The van der Waals surface area contributed by atoms with E-state index in [0.717, 1.165) is 43.7 Å². The van der Waals surface area contributed by atoms with Crippen LogP contribution in [0, 0.1) is 12.3 Å². The van der Waals surface area contributed by atoms with E-state index >= 15 is 0 Å². The molecule has 0 saturated carbocycles.